The fourth-order valence-corrected chi connectivity index (χ4v) is 4.62. The summed E-state index contributed by atoms with van der Waals surface area (Å²) in [5.41, 5.74) is 0.401. The summed E-state index contributed by atoms with van der Waals surface area (Å²) in [5, 5.41) is 5.08. The fourth-order valence-electron chi connectivity index (χ4n) is 3.85. The van der Waals surface area contributed by atoms with Gasteiger partial charge in [0.1, 0.15) is 0 Å². The van der Waals surface area contributed by atoms with Gasteiger partial charge >= 0.3 is 0 Å². The van der Waals surface area contributed by atoms with Crippen molar-refractivity contribution in [2.45, 2.75) is 99.3 Å². The highest BCUT2D eigenvalue weighted by molar-refractivity contribution is 7.85. The summed E-state index contributed by atoms with van der Waals surface area (Å²) in [4.78, 5) is 22.5. The lowest BCUT2D eigenvalue weighted by Gasteiger charge is -2.39. The summed E-state index contributed by atoms with van der Waals surface area (Å²) in [6.07, 6.45) is 11.6. The van der Waals surface area contributed by atoms with E-state index < -0.39 is 27.7 Å². The Morgan fingerprint density at radius 2 is 1.19 bits per heavy atom. The molecule has 0 rings (SSSR count). The molecule has 0 aliphatic heterocycles. The Balaban J connectivity index is 0. The van der Waals surface area contributed by atoms with E-state index in [1.807, 2.05) is 0 Å². The highest BCUT2D eigenvalue weighted by atomic mass is 32.2. The van der Waals surface area contributed by atoms with Crippen molar-refractivity contribution in [2.24, 2.45) is 5.92 Å². The summed E-state index contributed by atoms with van der Waals surface area (Å²) in [6.45, 7) is 22.1. The number of amides is 2. The van der Waals surface area contributed by atoms with Gasteiger partial charge in [0.15, 0.2) is 0 Å². The Labute approximate surface area is 222 Å². The molecule has 0 spiro atoms. The van der Waals surface area contributed by atoms with Crippen LogP contribution in [0.1, 0.15) is 99.3 Å². The molecule has 0 saturated heterocycles. The summed E-state index contributed by atoms with van der Waals surface area (Å²) in [5.74, 6) is -2.35. The fraction of sp³-hybridized carbons (Fsp3) is 0.852. The van der Waals surface area contributed by atoms with Crippen molar-refractivity contribution in [3.63, 3.8) is 0 Å². The topological polar surface area (TPSA) is 115 Å². The average Bonchev–Trinajstić information content (AvgIpc) is 2.81. The summed E-state index contributed by atoms with van der Waals surface area (Å²) in [7, 11) is -4.40. The van der Waals surface area contributed by atoms with Crippen molar-refractivity contribution in [1.29, 1.82) is 0 Å². The van der Waals surface area contributed by atoms with Crippen LogP contribution in [0.4, 0.5) is 0 Å². The predicted octanol–water partition coefficient (Wildman–Crippen LogP) is 4.37. The van der Waals surface area contributed by atoms with Crippen LogP contribution in [0.25, 0.3) is 0 Å². The lowest BCUT2D eigenvalue weighted by Crippen LogP contribution is -2.50. The van der Waals surface area contributed by atoms with Gasteiger partial charge in [0.05, 0.1) is 36.3 Å². The molecule has 0 aliphatic rings. The molecule has 0 aromatic heterocycles. The number of hydrogen-bond donors (Lipinski definition) is 2. The third kappa shape index (κ3) is 20.7. The van der Waals surface area contributed by atoms with Crippen LogP contribution in [0.2, 0.25) is 0 Å². The monoisotopic (exact) mass is 533 g/mol. The van der Waals surface area contributed by atoms with E-state index in [4.69, 9.17) is 0 Å². The summed E-state index contributed by atoms with van der Waals surface area (Å²) < 4.78 is 32.8. The minimum absolute atomic E-state index is 0.253. The Morgan fingerprint density at radius 3 is 1.53 bits per heavy atom. The van der Waals surface area contributed by atoms with E-state index in [0.29, 0.717) is 25.1 Å². The van der Waals surface area contributed by atoms with Crippen molar-refractivity contribution in [3.05, 3.63) is 12.2 Å². The van der Waals surface area contributed by atoms with E-state index in [1.165, 1.54) is 89.0 Å². The molecule has 0 saturated carbocycles. The largest absolute Gasteiger partial charge is 0.748 e. The molecule has 1 atom stereocenters. The Bertz CT molecular complexity index is 673. The number of nitrogens with zero attached hydrogens (tertiary/aromatic N) is 1. The maximum atomic E-state index is 11.4. The second kappa shape index (κ2) is 21.6. The van der Waals surface area contributed by atoms with Crippen LogP contribution in [0.15, 0.2) is 12.2 Å². The minimum Gasteiger partial charge on any atom is -0.748 e. The smallest absolute Gasteiger partial charge is 0.246 e. The van der Waals surface area contributed by atoms with Gasteiger partial charge in [-0.2, -0.15) is 0 Å². The van der Waals surface area contributed by atoms with Gasteiger partial charge in [-0.25, -0.2) is 8.42 Å². The second-order valence-corrected chi connectivity index (χ2v) is 11.4. The average molecular weight is 534 g/mol. The second-order valence-electron chi connectivity index (χ2n) is 9.96. The molecule has 8 nitrogen and oxygen atoms in total. The normalized spacial score (nSPS) is 12.3. The number of carbonyl (C=O) groups excluding carboxylic acids is 2. The molecular formula is C27H55N3O5S. The van der Waals surface area contributed by atoms with Gasteiger partial charge in [-0.1, -0.05) is 66.9 Å². The van der Waals surface area contributed by atoms with Crippen molar-refractivity contribution in [3.8, 4) is 0 Å². The highest BCUT2D eigenvalue weighted by Gasteiger charge is 2.24. The zero-order valence-electron chi connectivity index (χ0n) is 24.0. The number of carbonyl (C=O) groups is 2. The first-order chi connectivity index (χ1) is 16.9. The molecule has 0 radical (unpaired) electrons. The molecule has 0 bridgehead atoms. The van der Waals surface area contributed by atoms with Crippen LogP contribution in [0, 0.1) is 5.92 Å². The van der Waals surface area contributed by atoms with Crippen LogP contribution in [0.5, 0.6) is 0 Å². The van der Waals surface area contributed by atoms with Crippen LogP contribution in [-0.2, 0) is 19.7 Å². The van der Waals surface area contributed by atoms with Gasteiger partial charge in [-0.3, -0.25) is 9.59 Å². The SMILES string of the molecule is C=C(C)C(=O)NCCCNC(=O)C(C)CS(=O)(=O)[O-].CCCC[N+](CCCC)(CCCC)CCCC. The molecule has 1 unspecified atom stereocenters. The molecule has 36 heavy (non-hydrogen) atoms. The molecule has 2 N–H and O–H groups in total. The Morgan fingerprint density at radius 1 is 0.806 bits per heavy atom. The Kier molecular flexibility index (Phi) is 22.0. The molecule has 0 aliphatic carbocycles. The summed E-state index contributed by atoms with van der Waals surface area (Å²) in [6, 6.07) is 0. The number of nitrogens with one attached hydrogen (secondary N) is 2. The predicted molar refractivity (Wildman–Crippen MR) is 149 cm³/mol. The third-order valence-corrected chi connectivity index (χ3v) is 7.08. The van der Waals surface area contributed by atoms with Crippen molar-refractivity contribution < 1.29 is 27.0 Å². The van der Waals surface area contributed by atoms with Gasteiger partial charge in [0, 0.05) is 30.3 Å². The van der Waals surface area contributed by atoms with Gasteiger partial charge in [-0.05, 0) is 39.0 Å². The van der Waals surface area contributed by atoms with E-state index in [-0.39, 0.29) is 5.91 Å². The van der Waals surface area contributed by atoms with Gasteiger partial charge in [0.25, 0.3) is 0 Å². The van der Waals surface area contributed by atoms with Gasteiger partial charge in [-0.15, -0.1) is 0 Å². The highest BCUT2D eigenvalue weighted by Crippen LogP contribution is 2.16. The molecule has 214 valence electrons. The number of hydrogen-bond acceptors (Lipinski definition) is 5. The standard InChI is InChI=1S/C16H36N.C11H20N2O5S/c1-5-9-13-17(14-10-6-2,15-11-7-3)16-12-8-4;1-8(2)10(14)12-5-4-6-13-11(15)9(3)7-19(16,17)18/h5-16H2,1-4H3;9H,1,4-7H2,2-3H3,(H,12,14)(H,13,15)(H,16,17,18)/q+1;/p-1. The van der Waals surface area contributed by atoms with E-state index >= 15 is 0 Å². The maximum absolute atomic E-state index is 11.4. The number of quaternary nitrogens is 1. The first-order valence-electron chi connectivity index (χ1n) is 13.9. The molecule has 0 aromatic carbocycles. The third-order valence-electron chi connectivity index (χ3n) is 6.17. The first kappa shape index (κ1) is 36.7. The van der Waals surface area contributed by atoms with Crippen LogP contribution in [0.3, 0.4) is 0 Å². The van der Waals surface area contributed by atoms with E-state index in [2.05, 4.69) is 44.9 Å². The van der Waals surface area contributed by atoms with Crippen LogP contribution in [-0.4, -0.2) is 74.3 Å². The van der Waals surface area contributed by atoms with Crippen molar-refractivity contribution in [2.75, 3.05) is 45.0 Å². The van der Waals surface area contributed by atoms with E-state index in [0.717, 1.165) is 0 Å². The minimum atomic E-state index is -4.40. The van der Waals surface area contributed by atoms with Crippen molar-refractivity contribution in [1.82, 2.24) is 10.6 Å². The zero-order valence-corrected chi connectivity index (χ0v) is 24.8. The number of unbranched alkanes of at least 4 members (excludes halogenated alkanes) is 4. The van der Waals surface area contributed by atoms with E-state index in [1.54, 1.807) is 6.92 Å². The lowest BCUT2D eigenvalue weighted by molar-refractivity contribution is -0.929. The molecule has 9 heteroatoms. The first-order valence-corrected chi connectivity index (χ1v) is 15.5. The molecule has 0 heterocycles. The van der Waals surface area contributed by atoms with E-state index in [9.17, 15) is 22.6 Å². The lowest BCUT2D eigenvalue weighted by atomic mass is 10.1. The molecular weight excluding hydrogens is 478 g/mol. The molecule has 0 fully saturated rings. The molecule has 2 amide bonds. The quantitative estimate of drug-likeness (QED) is 0.104. The van der Waals surface area contributed by atoms with Crippen LogP contribution < -0.4 is 10.6 Å². The number of rotatable bonds is 20. The van der Waals surface area contributed by atoms with Crippen molar-refractivity contribution >= 4 is 21.9 Å². The maximum Gasteiger partial charge on any atom is 0.246 e. The summed E-state index contributed by atoms with van der Waals surface area (Å²) >= 11 is 0. The van der Waals surface area contributed by atoms with Crippen LogP contribution >= 0.6 is 0 Å². The zero-order chi connectivity index (χ0) is 28.0. The van der Waals surface area contributed by atoms with Gasteiger partial charge < -0.3 is 19.7 Å². The van der Waals surface area contributed by atoms with Gasteiger partial charge in [0.2, 0.25) is 11.8 Å². The Hall–Kier alpha value is -1.45. The molecule has 0 aromatic rings.